The van der Waals surface area contributed by atoms with E-state index in [-0.39, 0.29) is 11.8 Å². The molecule has 0 N–H and O–H groups in total. The number of anilines is 1. The summed E-state index contributed by atoms with van der Waals surface area (Å²) >= 11 is 11.2. The monoisotopic (exact) mass is 319 g/mol. The number of amides is 1. The number of aromatic nitrogens is 2. The molecule has 0 aliphatic carbocycles. The van der Waals surface area contributed by atoms with Gasteiger partial charge in [-0.05, 0) is 19.8 Å². The summed E-state index contributed by atoms with van der Waals surface area (Å²) in [4.78, 5) is 25.6. The minimum atomic E-state index is -0.161. The molecule has 0 aromatic carbocycles. The standard InChI is InChI=1S/C13H19Cl2N3O2/c1-10-9-16-18(12(20)6-4-8-15)13(10)17(2)11(19)5-3-7-14/h9H,3-8H2,1-2H3. The van der Waals surface area contributed by atoms with Crippen LogP contribution in [0.15, 0.2) is 6.20 Å². The number of rotatable bonds is 7. The zero-order chi connectivity index (χ0) is 15.1. The molecular weight excluding hydrogens is 301 g/mol. The van der Waals surface area contributed by atoms with Crippen molar-refractivity contribution in [1.82, 2.24) is 9.78 Å². The van der Waals surface area contributed by atoms with Crippen LogP contribution in [-0.4, -0.2) is 40.4 Å². The van der Waals surface area contributed by atoms with E-state index in [1.807, 2.05) is 6.92 Å². The highest BCUT2D eigenvalue weighted by atomic mass is 35.5. The molecule has 0 fully saturated rings. The predicted octanol–water partition coefficient (Wildman–Crippen LogP) is 2.83. The molecule has 0 saturated carbocycles. The van der Waals surface area contributed by atoms with Crippen molar-refractivity contribution in [3.63, 3.8) is 0 Å². The molecule has 112 valence electrons. The lowest BCUT2D eigenvalue weighted by Crippen LogP contribution is -2.30. The summed E-state index contributed by atoms with van der Waals surface area (Å²) in [5.41, 5.74) is 0.783. The van der Waals surface area contributed by atoms with E-state index in [4.69, 9.17) is 23.2 Å². The fourth-order valence-corrected chi connectivity index (χ4v) is 2.11. The van der Waals surface area contributed by atoms with Gasteiger partial charge in [-0.25, -0.2) is 0 Å². The van der Waals surface area contributed by atoms with Crippen LogP contribution in [0.1, 0.15) is 36.0 Å². The van der Waals surface area contributed by atoms with Crippen molar-refractivity contribution in [3.8, 4) is 0 Å². The first-order valence-corrected chi connectivity index (χ1v) is 7.56. The Morgan fingerprint density at radius 1 is 1.25 bits per heavy atom. The summed E-state index contributed by atoms with van der Waals surface area (Å²) in [6, 6.07) is 0. The van der Waals surface area contributed by atoms with Gasteiger partial charge in [-0.3, -0.25) is 14.5 Å². The Morgan fingerprint density at radius 2 is 1.85 bits per heavy atom. The Balaban J connectivity index is 2.90. The van der Waals surface area contributed by atoms with Gasteiger partial charge in [-0.2, -0.15) is 9.78 Å². The van der Waals surface area contributed by atoms with Crippen LogP contribution >= 0.6 is 23.2 Å². The zero-order valence-electron chi connectivity index (χ0n) is 11.7. The van der Waals surface area contributed by atoms with Crippen LogP contribution in [0.25, 0.3) is 0 Å². The van der Waals surface area contributed by atoms with Crippen LogP contribution in [0.2, 0.25) is 0 Å². The lowest BCUT2D eigenvalue weighted by Gasteiger charge is -2.19. The number of nitrogens with zero attached hydrogens (tertiary/aromatic N) is 3. The second-order valence-corrected chi connectivity index (χ2v) is 5.25. The third-order valence-corrected chi connectivity index (χ3v) is 3.43. The van der Waals surface area contributed by atoms with Crippen molar-refractivity contribution < 1.29 is 9.59 Å². The number of hydrogen-bond acceptors (Lipinski definition) is 3. The lowest BCUT2D eigenvalue weighted by atomic mass is 10.2. The van der Waals surface area contributed by atoms with Gasteiger partial charge in [0.05, 0.1) is 6.20 Å². The van der Waals surface area contributed by atoms with Gasteiger partial charge >= 0.3 is 0 Å². The summed E-state index contributed by atoms with van der Waals surface area (Å²) in [5, 5.41) is 4.06. The van der Waals surface area contributed by atoms with E-state index >= 15 is 0 Å². The van der Waals surface area contributed by atoms with Crippen LogP contribution < -0.4 is 4.90 Å². The minimum Gasteiger partial charge on any atom is -0.300 e. The Kier molecular flexibility index (Phi) is 7.02. The lowest BCUT2D eigenvalue weighted by molar-refractivity contribution is -0.118. The van der Waals surface area contributed by atoms with E-state index in [2.05, 4.69) is 5.10 Å². The van der Waals surface area contributed by atoms with E-state index in [1.165, 1.54) is 9.58 Å². The first-order valence-electron chi connectivity index (χ1n) is 6.49. The maximum atomic E-state index is 12.1. The number of carbonyl (C=O) groups excluding carboxylic acids is 2. The SMILES string of the molecule is Cc1cnn(C(=O)CCCCl)c1N(C)C(=O)CCCCl. The minimum absolute atomic E-state index is 0.0827. The molecule has 0 unspecified atom stereocenters. The van der Waals surface area contributed by atoms with Gasteiger partial charge in [0.1, 0.15) is 5.82 Å². The number of halogens is 2. The first-order chi connectivity index (χ1) is 9.52. The molecule has 0 spiro atoms. The fraction of sp³-hybridized carbons (Fsp3) is 0.615. The molecule has 7 heteroatoms. The van der Waals surface area contributed by atoms with Gasteiger partial charge in [0.25, 0.3) is 0 Å². The maximum absolute atomic E-state index is 12.1. The van der Waals surface area contributed by atoms with Gasteiger partial charge in [0.2, 0.25) is 11.8 Å². The molecule has 0 radical (unpaired) electrons. The van der Waals surface area contributed by atoms with Gasteiger partial charge in [-0.1, -0.05) is 0 Å². The van der Waals surface area contributed by atoms with Gasteiger partial charge < -0.3 is 0 Å². The Labute approximate surface area is 128 Å². The van der Waals surface area contributed by atoms with Crippen molar-refractivity contribution in [2.45, 2.75) is 32.6 Å². The second-order valence-electron chi connectivity index (χ2n) is 4.49. The van der Waals surface area contributed by atoms with E-state index in [9.17, 15) is 9.59 Å². The van der Waals surface area contributed by atoms with Crippen molar-refractivity contribution in [2.75, 3.05) is 23.7 Å². The van der Waals surface area contributed by atoms with Crippen molar-refractivity contribution in [2.24, 2.45) is 0 Å². The highest BCUT2D eigenvalue weighted by molar-refractivity contribution is 6.18. The second kappa shape index (κ2) is 8.27. The molecule has 1 aromatic heterocycles. The van der Waals surface area contributed by atoms with Crippen LogP contribution in [-0.2, 0) is 4.79 Å². The van der Waals surface area contributed by atoms with Crippen LogP contribution in [0, 0.1) is 6.92 Å². The van der Waals surface area contributed by atoms with Crippen molar-refractivity contribution in [1.29, 1.82) is 0 Å². The smallest absolute Gasteiger partial charge is 0.248 e. The summed E-state index contributed by atoms with van der Waals surface area (Å²) in [6.45, 7) is 1.82. The molecule has 0 aliphatic heterocycles. The molecule has 0 aliphatic rings. The van der Waals surface area contributed by atoms with Gasteiger partial charge in [-0.15, -0.1) is 23.2 Å². The molecule has 20 heavy (non-hydrogen) atoms. The molecule has 1 heterocycles. The molecule has 0 bridgehead atoms. The van der Waals surface area contributed by atoms with E-state index in [1.54, 1.807) is 13.2 Å². The average Bonchev–Trinajstić information content (AvgIpc) is 2.83. The molecule has 0 saturated heterocycles. The highest BCUT2D eigenvalue weighted by Crippen LogP contribution is 2.20. The largest absolute Gasteiger partial charge is 0.300 e. The van der Waals surface area contributed by atoms with E-state index in [0.717, 1.165) is 5.56 Å². The van der Waals surface area contributed by atoms with Gasteiger partial charge in [0.15, 0.2) is 0 Å². The Hall–Kier alpha value is -1.07. The maximum Gasteiger partial charge on any atom is 0.248 e. The number of carbonyl (C=O) groups is 2. The Morgan fingerprint density at radius 3 is 2.45 bits per heavy atom. The van der Waals surface area contributed by atoms with Gasteiger partial charge in [0, 0.05) is 37.2 Å². The highest BCUT2D eigenvalue weighted by Gasteiger charge is 2.21. The third-order valence-electron chi connectivity index (χ3n) is 2.90. The summed E-state index contributed by atoms with van der Waals surface area (Å²) in [5.74, 6) is 1.13. The van der Waals surface area contributed by atoms with Crippen molar-refractivity contribution >= 4 is 40.8 Å². The Bertz CT molecular complexity index is 474. The number of hydrogen-bond donors (Lipinski definition) is 0. The van der Waals surface area contributed by atoms with E-state index in [0.29, 0.717) is 43.3 Å². The molecule has 1 rings (SSSR count). The summed E-state index contributed by atoms with van der Waals surface area (Å²) in [6.07, 6.45) is 3.43. The molecule has 1 aromatic rings. The third kappa shape index (κ3) is 4.21. The van der Waals surface area contributed by atoms with Crippen LogP contribution in [0.4, 0.5) is 5.82 Å². The van der Waals surface area contributed by atoms with E-state index < -0.39 is 0 Å². The molecule has 1 amide bonds. The fourth-order valence-electron chi connectivity index (χ4n) is 1.84. The van der Waals surface area contributed by atoms with Crippen LogP contribution in [0.5, 0.6) is 0 Å². The summed E-state index contributed by atoms with van der Waals surface area (Å²) in [7, 11) is 1.64. The zero-order valence-corrected chi connectivity index (χ0v) is 13.2. The topological polar surface area (TPSA) is 55.2 Å². The number of alkyl halides is 2. The molecule has 0 atom stereocenters. The number of aryl methyl sites for hydroxylation is 1. The molecule has 5 nitrogen and oxygen atoms in total. The predicted molar refractivity (Wildman–Crippen MR) is 80.9 cm³/mol. The van der Waals surface area contributed by atoms with Crippen LogP contribution in [0.3, 0.4) is 0 Å². The van der Waals surface area contributed by atoms with Crippen molar-refractivity contribution in [3.05, 3.63) is 11.8 Å². The first kappa shape index (κ1) is 17.0. The quantitative estimate of drug-likeness (QED) is 0.726. The molecular formula is C13H19Cl2N3O2. The average molecular weight is 320 g/mol. The summed E-state index contributed by atoms with van der Waals surface area (Å²) < 4.78 is 1.28. The normalized spacial score (nSPS) is 10.6.